The summed E-state index contributed by atoms with van der Waals surface area (Å²) in [6.45, 7) is 0. The van der Waals surface area contributed by atoms with E-state index in [-0.39, 0.29) is 0 Å². The molecule has 0 bridgehead atoms. The quantitative estimate of drug-likeness (QED) is 0.328. The van der Waals surface area contributed by atoms with Gasteiger partial charge in [0.2, 0.25) is 0 Å². The molecule has 9 heavy (non-hydrogen) atoms. The van der Waals surface area contributed by atoms with Crippen molar-refractivity contribution in [2.45, 2.75) is 3.98 Å². The van der Waals surface area contributed by atoms with Crippen molar-refractivity contribution in [2.75, 3.05) is 0 Å². The summed E-state index contributed by atoms with van der Waals surface area (Å²) in [5, 5.41) is 7.80. The van der Waals surface area contributed by atoms with Gasteiger partial charge in [0.15, 0.2) is 6.07 Å². The molecule has 0 aliphatic heterocycles. The highest BCUT2D eigenvalue weighted by atomic mass is 35.6. The fourth-order valence-electron chi connectivity index (χ4n) is 0.128. The number of esters is 1. The van der Waals surface area contributed by atoms with E-state index in [1.165, 1.54) is 0 Å². The van der Waals surface area contributed by atoms with E-state index in [9.17, 15) is 4.79 Å². The van der Waals surface area contributed by atoms with Crippen molar-refractivity contribution in [2.24, 2.45) is 0 Å². The minimum absolute atomic E-state index is 1.11. The Bertz CT molecular complexity index is 155. The molecule has 3 nitrogen and oxygen atoms in total. The van der Waals surface area contributed by atoms with Crippen molar-refractivity contribution in [1.82, 2.24) is 0 Å². The summed E-state index contributed by atoms with van der Waals surface area (Å²) in [4.78, 5) is 9.99. The third kappa shape index (κ3) is 5.71. The van der Waals surface area contributed by atoms with Crippen molar-refractivity contribution in [1.29, 1.82) is 5.26 Å². The van der Waals surface area contributed by atoms with Gasteiger partial charge in [-0.2, -0.15) is 5.26 Å². The van der Waals surface area contributed by atoms with Crippen molar-refractivity contribution in [3.05, 3.63) is 0 Å². The number of alkyl halides is 3. The van der Waals surface area contributed by atoms with Gasteiger partial charge in [0.05, 0.1) is 0 Å². The molecule has 0 saturated carbocycles. The highest BCUT2D eigenvalue weighted by molar-refractivity contribution is 6.66. The molecule has 0 radical (unpaired) electrons. The minimum atomic E-state index is -2.13. The molecule has 0 aromatic carbocycles. The molecule has 50 valence electrons. The maximum Gasteiger partial charge on any atom is 0.414 e. The van der Waals surface area contributed by atoms with E-state index in [1.54, 1.807) is 0 Å². The number of hydrogen-bond acceptors (Lipinski definition) is 3. The number of halogens is 3. The van der Waals surface area contributed by atoms with Gasteiger partial charge in [-0.1, -0.05) is 0 Å². The summed E-state index contributed by atoms with van der Waals surface area (Å²) in [6, 6.07) is 1.11. The van der Waals surface area contributed by atoms with Crippen molar-refractivity contribution in [3.63, 3.8) is 0 Å². The fraction of sp³-hybridized carbons (Fsp3) is 0.333. The van der Waals surface area contributed by atoms with Crippen molar-refractivity contribution >= 4 is 40.8 Å². The van der Waals surface area contributed by atoms with Crippen LogP contribution in [0.2, 0.25) is 0 Å². The van der Waals surface area contributed by atoms with Crippen LogP contribution in [0.15, 0.2) is 0 Å². The Morgan fingerprint density at radius 2 is 2.00 bits per heavy atom. The van der Waals surface area contributed by atoms with Crippen LogP contribution < -0.4 is 0 Å². The first-order valence-electron chi connectivity index (χ1n) is 1.65. The number of ether oxygens (including phenoxy) is 1. The molecule has 0 heterocycles. The first-order valence-corrected chi connectivity index (χ1v) is 2.79. The third-order valence-electron chi connectivity index (χ3n) is 0.300. The summed E-state index contributed by atoms with van der Waals surface area (Å²) < 4.78 is 1.75. The Kier molecular flexibility index (Phi) is 3.06. The fourth-order valence-corrected chi connectivity index (χ4v) is 0.338. The number of rotatable bonds is 0. The molecular formula is C3Cl3NO2. The molecule has 0 N–H and O–H groups in total. The highest BCUT2D eigenvalue weighted by Crippen LogP contribution is 2.26. The molecule has 0 saturated heterocycles. The Balaban J connectivity index is 3.78. The first kappa shape index (κ1) is 8.83. The van der Waals surface area contributed by atoms with E-state index in [2.05, 4.69) is 4.74 Å². The zero-order valence-corrected chi connectivity index (χ0v) is 6.17. The third-order valence-corrected chi connectivity index (χ3v) is 0.531. The molecule has 0 atom stereocenters. The standard InChI is InChI=1S/C3Cl3NO2/c4-3(5,6)9-2(8)1-7. The SMILES string of the molecule is N#CC(=O)OC(Cl)(Cl)Cl. The molecule has 0 spiro atoms. The van der Waals surface area contributed by atoms with E-state index >= 15 is 0 Å². The lowest BCUT2D eigenvalue weighted by atomic mass is 10.8. The molecule has 0 fully saturated rings. The molecule has 6 heteroatoms. The van der Waals surface area contributed by atoms with Crippen molar-refractivity contribution < 1.29 is 9.53 Å². The zero-order valence-electron chi connectivity index (χ0n) is 3.90. The average molecular weight is 188 g/mol. The predicted molar refractivity (Wildman–Crippen MR) is 32.0 cm³/mol. The van der Waals surface area contributed by atoms with Crippen molar-refractivity contribution in [3.8, 4) is 6.07 Å². The number of carbonyl (C=O) groups excluding carboxylic acids is 1. The van der Waals surface area contributed by atoms with E-state index in [0.717, 1.165) is 6.07 Å². The normalized spacial score (nSPS) is 10.0. The molecule has 0 aromatic rings. The zero-order chi connectivity index (χ0) is 7.49. The van der Waals surface area contributed by atoms with Gasteiger partial charge in [-0.15, -0.1) is 0 Å². The number of hydrogen-bond donors (Lipinski definition) is 0. The Labute approximate surface area is 66.0 Å². The van der Waals surface area contributed by atoms with E-state index in [0.29, 0.717) is 0 Å². The monoisotopic (exact) mass is 187 g/mol. The van der Waals surface area contributed by atoms with Gasteiger partial charge in [0, 0.05) is 0 Å². The number of nitrogens with zero attached hydrogens (tertiary/aromatic N) is 1. The second-order valence-corrected chi connectivity index (χ2v) is 3.12. The van der Waals surface area contributed by atoms with Crippen LogP contribution >= 0.6 is 34.8 Å². The molecule has 0 aliphatic carbocycles. The number of carbonyl (C=O) groups is 1. The smallest absolute Gasteiger partial charge is 0.403 e. The molecule has 0 unspecified atom stereocenters. The van der Waals surface area contributed by atoms with Crippen LogP contribution in [0.1, 0.15) is 0 Å². The van der Waals surface area contributed by atoms with Gasteiger partial charge in [0.25, 0.3) is 0 Å². The largest absolute Gasteiger partial charge is 0.414 e. The Hall–Kier alpha value is -0.170. The minimum Gasteiger partial charge on any atom is -0.403 e. The summed E-state index contributed by atoms with van der Waals surface area (Å²) in [5.74, 6) is -1.23. The maximum absolute atomic E-state index is 9.99. The Morgan fingerprint density at radius 1 is 1.56 bits per heavy atom. The van der Waals surface area contributed by atoms with Crippen LogP contribution in [0.25, 0.3) is 0 Å². The van der Waals surface area contributed by atoms with Crippen LogP contribution in [0.5, 0.6) is 0 Å². The molecule has 0 aliphatic rings. The van der Waals surface area contributed by atoms with Gasteiger partial charge >= 0.3 is 9.95 Å². The molecular weight excluding hydrogens is 188 g/mol. The van der Waals surface area contributed by atoms with Crippen LogP contribution in [0.3, 0.4) is 0 Å². The Morgan fingerprint density at radius 3 is 2.11 bits per heavy atom. The van der Waals surface area contributed by atoms with Crippen LogP contribution in [0, 0.1) is 11.3 Å². The van der Waals surface area contributed by atoms with Gasteiger partial charge in [-0.25, -0.2) is 4.79 Å². The van der Waals surface area contributed by atoms with Crippen LogP contribution in [-0.4, -0.2) is 9.95 Å². The second kappa shape index (κ2) is 3.11. The predicted octanol–water partition coefficient (Wildman–Crippen LogP) is 1.38. The number of nitriles is 1. The van der Waals surface area contributed by atoms with E-state index < -0.39 is 9.95 Å². The summed E-state index contributed by atoms with van der Waals surface area (Å²) in [6.07, 6.45) is 0. The van der Waals surface area contributed by atoms with Gasteiger partial charge in [-0.05, 0) is 34.8 Å². The van der Waals surface area contributed by atoms with Crippen LogP contribution in [-0.2, 0) is 9.53 Å². The summed E-state index contributed by atoms with van der Waals surface area (Å²) in [7, 11) is 0. The van der Waals surface area contributed by atoms with Crippen LogP contribution in [0.4, 0.5) is 0 Å². The van der Waals surface area contributed by atoms with Gasteiger partial charge in [-0.3, -0.25) is 0 Å². The lowest BCUT2D eigenvalue weighted by Crippen LogP contribution is -2.13. The molecule has 0 aromatic heterocycles. The van der Waals surface area contributed by atoms with E-state index in [4.69, 9.17) is 40.1 Å². The average Bonchev–Trinajstić information content (AvgIpc) is 1.62. The lowest BCUT2D eigenvalue weighted by molar-refractivity contribution is -0.137. The van der Waals surface area contributed by atoms with E-state index in [1.807, 2.05) is 0 Å². The molecule has 0 rings (SSSR count). The lowest BCUT2D eigenvalue weighted by Gasteiger charge is -2.06. The highest BCUT2D eigenvalue weighted by Gasteiger charge is 2.24. The maximum atomic E-state index is 9.99. The van der Waals surface area contributed by atoms with Gasteiger partial charge < -0.3 is 4.74 Å². The van der Waals surface area contributed by atoms with Gasteiger partial charge in [0.1, 0.15) is 0 Å². The molecule has 0 amide bonds. The topological polar surface area (TPSA) is 50.1 Å². The summed E-state index contributed by atoms with van der Waals surface area (Å²) >= 11 is 14.8. The first-order chi connectivity index (χ1) is 3.95. The second-order valence-electron chi connectivity index (χ2n) is 0.947. The summed E-state index contributed by atoms with van der Waals surface area (Å²) in [5.41, 5.74) is 0.